The lowest BCUT2D eigenvalue weighted by Crippen LogP contribution is -2.03. The van der Waals surface area contributed by atoms with Crippen molar-refractivity contribution < 1.29 is 4.39 Å². The second kappa shape index (κ2) is 5.01. The molecule has 0 aliphatic heterocycles. The molecule has 2 N–H and O–H groups in total. The second-order valence-corrected chi connectivity index (χ2v) is 4.95. The predicted molar refractivity (Wildman–Crippen MR) is 80.6 cm³/mol. The predicted octanol–water partition coefficient (Wildman–Crippen LogP) is 3.27. The first-order valence-corrected chi connectivity index (χ1v) is 6.61. The quantitative estimate of drug-likeness (QED) is 0.734. The van der Waals surface area contributed by atoms with Crippen LogP contribution in [-0.2, 0) is 0 Å². The topological polar surface area (TPSA) is 56.7 Å². The summed E-state index contributed by atoms with van der Waals surface area (Å²) in [7, 11) is 0. The van der Waals surface area contributed by atoms with Gasteiger partial charge in [0.15, 0.2) is 5.82 Å². The molecule has 0 saturated carbocycles. The minimum atomic E-state index is -0.336. The van der Waals surface area contributed by atoms with Crippen molar-refractivity contribution in [2.24, 2.45) is 0 Å². The summed E-state index contributed by atoms with van der Waals surface area (Å²) >= 11 is 0. The molecule has 0 amide bonds. The largest absolute Gasteiger partial charge is 0.398 e. The number of halogens is 1. The molecule has 0 fully saturated rings. The highest BCUT2D eigenvalue weighted by Crippen LogP contribution is 2.25. The maximum absolute atomic E-state index is 13.4. The van der Waals surface area contributed by atoms with Gasteiger partial charge in [0.25, 0.3) is 0 Å². The molecule has 1 aromatic carbocycles. The van der Waals surface area contributed by atoms with Crippen LogP contribution < -0.4 is 5.73 Å². The first-order valence-electron chi connectivity index (χ1n) is 6.61. The molecule has 106 valence electrons. The molecule has 0 bridgehead atoms. The van der Waals surface area contributed by atoms with Gasteiger partial charge in [-0.25, -0.2) is 14.1 Å². The van der Waals surface area contributed by atoms with E-state index in [1.54, 1.807) is 16.8 Å². The number of rotatable bonds is 2. The van der Waals surface area contributed by atoms with E-state index in [9.17, 15) is 4.39 Å². The van der Waals surface area contributed by atoms with E-state index in [4.69, 9.17) is 5.73 Å². The third-order valence-electron chi connectivity index (χ3n) is 3.25. The summed E-state index contributed by atoms with van der Waals surface area (Å²) in [6.07, 6.45) is 0. The molecule has 0 aliphatic carbocycles. The Kier molecular flexibility index (Phi) is 3.17. The van der Waals surface area contributed by atoms with Gasteiger partial charge >= 0.3 is 0 Å². The van der Waals surface area contributed by atoms with Crippen molar-refractivity contribution >= 4 is 5.69 Å². The van der Waals surface area contributed by atoms with E-state index in [-0.39, 0.29) is 5.82 Å². The summed E-state index contributed by atoms with van der Waals surface area (Å²) in [4.78, 5) is 4.54. The minimum Gasteiger partial charge on any atom is -0.398 e. The van der Waals surface area contributed by atoms with E-state index in [2.05, 4.69) is 10.1 Å². The molecule has 3 rings (SSSR count). The van der Waals surface area contributed by atoms with Gasteiger partial charge in [-0.1, -0.05) is 6.07 Å². The molecule has 2 aromatic heterocycles. The van der Waals surface area contributed by atoms with E-state index in [1.165, 1.54) is 12.1 Å². The standard InChI is InChI=1S/C16H15FN4/c1-10-8-11(2)21(20-10)16-5-3-4-15(19-16)13-9-12(17)6-7-14(13)18/h3-9H,18H2,1-2H3. The summed E-state index contributed by atoms with van der Waals surface area (Å²) in [5, 5.41) is 4.40. The van der Waals surface area contributed by atoms with E-state index in [0.717, 1.165) is 11.4 Å². The smallest absolute Gasteiger partial charge is 0.154 e. The Hall–Kier alpha value is -2.69. The molecule has 3 aromatic rings. The van der Waals surface area contributed by atoms with Crippen molar-refractivity contribution in [2.45, 2.75) is 13.8 Å². The van der Waals surface area contributed by atoms with Gasteiger partial charge < -0.3 is 5.73 Å². The summed E-state index contributed by atoms with van der Waals surface area (Å²) in [6, 6.07) is 11.8. The molecular formula is C16H15FN4. The zero-order chi connectivity index (χ0) is 15.0. The number of aromatic nitrogens is 3. The van der Waals surface area contributed by atoms with Gasteiger partial charge in [0, 0.05) is 16.9 Å². The molecule has 0 spiro atoms. The van der Waals surface area contributed by atoms with Crippen molar-refractivity contribution in [2.75, 3.05) is 5.73 Å². The third-order valence-corrected chi connectivity index (χ3v) is 3.25. The van der Waals surface area contributed by atoms with Crippen LogP contribution in [0.1, 0.15) is 11.4 Å². The van der Waals surface area contributed by atoms with Crippen LogP contribution in [0.3, 0.4) is 0 Å². The monoisotopic (exact) mass is 282 g/mol. The lowest BCUT2D eigenvalue weighted by atomic mass is 10.1. The number of pyridine rings is 1. The van der Waals surface area contributed by atoms with Crippen LogP contribution in [0.15, 0.2) is 42.5 Å². The van der Waals surface area contributed by atoms with E-state index in [0.29, 0.717) is 22.8 Å². The molecule has 0 radical (unpaired) electrons. The van der Waals surface area contributed by atoms with Gasteiger partial charge in [-0.3, -0.25) is 0 Å². The number of benzene rings is 1. The Labute approximate surface area is 122 Å². The summed E-state index contributed by atoms with van der Waals surface area (Å²) in [5.41, 5.74) is 9.53. The van der Waals surface area contributed by atoms with Gasteiger partial charge in [0.05, 0.1) is 11.4 Å². The highest BCUT2D eigenvalue weighted by Gasteiger charge is 2.09. The Morgan fingerprint density at radius 2 is 1.90 bits per heavy atom. The molecule has 5 heteroatoms. The Morgan fingerprint density at radius 1 is 1.10 bits per heavy atom. The van der Waals surface area contributed by atoms with Crippen LogP contribution in [0.25, 0.3) is 17.1 Å². The summed E-state index contributed by atoms with van der Waals surface area (Å²) < 4.78 is 15.2. The van der Waals surface area contributed by atoms with Crippen molar-refractivity contribution in [3.05, 3.63) is 59.7 Å². The fourth-order valence-electron chi connectivity index (χ4n) is 2.30. The minimum absolute atomic E-state index is 0.336. The Balaban J connectivity index is 2.12. The van der Waals surface area contributed by atoms with Crippen LogP contribution in [0, 0.1) is 19.7 Å². The number of nitrogen functional groups attached to an aromatic ring is 1. The molecular weight excluding hydrogens is 267 g/mol. The lowest BCUT2D eigenvalue weighted by Gasteiger charge is -2.08. The van der Waals surface area contributed by atoms with Gasteiger partial charge in [0.2, 0.25) is 0 Å². The summed E-state index contributed by atoms with van der Waals surface area (Å²) in [6.45, 7) is 3.89. The van der Waals surface area contributed by atoms with E-state index >= 15 is 0 Å². The average molecular weight is 282 g/mol. The third kappa shape index (κ3) is 2.50. The number of hydrogen-bond donors (Lipinski definition) is 1. The van der Waals surface area contributed by atoms with Crippen LogP contribution in [0.2, 0.25) is 0 Å². The maximum Gasteiger partial charge on any atom is 0.154 e. The number of anilines is 1. The van der Waals surface area contributed by atoms with Gasteiger partial charge in [-0.15, -0.1) is 0 Å². The van der Waals surface area contributed by atoms with Crippen LogP contribution in [-0.4, -0.2) is 14.8 Å². The highest BCUT2D eigenvalue weighted by atomic mass is 19.1. The van der Waals surface area contributed by atoms with Crippen molar-refractivity contribution in [1.29, 1.82) is 0 Å². The number of aryl methyl sites for hydroxylation is 2. The SMILES string of the molecule is Cc1cc(C)n(-c2cccc(-c3cc(F)ccc3N)n2)n1. The van der Waals surface area contributed by atoms with Crippen molar-refractivity contribution in [3.8, 4) is 17.1 Å². The van der Waals surface area contributed by atoms with E-state index < -0.39 is 0 Å². The lowest BCUT2D eigenvalue weighted by molar-refractivity contribution is 0.628. The summed E-state index contributed by atoms with van der Waals surface area (Å²) in [5.74, 6) is 0.347. The number of nitrogens with zero attached hydrogens (tertiary/aromatic N) is 3. The Bertz CT molecular complexity index is 808. The van der Waals surface area contributed by atoms with Crippen molar-refractivity contribution in [3.63, 3.8) is 0 Å². The maximum atomic E-state index is 13.4. The van der Waals surface area contributed by atoms with Gasteiger partial charge in [-0.05, 0) is 50.2 Å². The number of hydrogen-bond acceptors (Lipinski definition) is 3. The average Bonchev–Trinajstić information content (AvgIpc) is 2.80. The fourth-order valence-corrected chi connectivity index (χ4v) is 2.30. The molecule has 0 unspecified atom stereocenters. The zero-order valence-electron chi connectivity index (χ0n) is 11.8. The normalized spacial score (nSPS) is 10.8. The zero-order valence-corrected chi connectivity index (χ0v) is 11.8. The Morgan fingerprint density at radius 3 is 2.62 bits per heavy atom. The highest BCUT2D eigenvalue weighted by molar-refractivity contribution is 5.74. The first kappa shape index (κ1) is 13.3. The van der Waals surface area contributed by atoms with Gasteiger partial charge in [-0.2, -0.15) is 5.10 Å². The molecule has 0 atom stereocenters. The molecule has 0 aliphatic rings. The van der Waals surface area contributed by atoms with E-state index in [1.807, 2.05) is 32.0 Å². The molecule has 4 nitrogen and oxygen atoms in total. The second-order valence-electron chi connectivity index (χ2n) is 4.95. The van der Waals surface area contributed by atoms with Crippen LogP contribution in [0.4, 0.5) is 10.1 Å². The van der Waals surface area contributed by atoms with Crippen LogP contribution >= 0.6 is 0 Å². The van der Waals surface area contributed by atoms with Crippen molar-refractivity contribution in [1.82, 2.24) is 14.8 Å². The fraction of sp³-hybridized carbons (Fsp3) is 0.125. The van der Waals surface area contributed by atoms with Crippen LogP contribution in [0.5, 0.6) is 0 Å². The molecule has 21 heavy (non-hydrogen) atoms. The number of nitrogens with two attached hydrogens (primary N) is 1. The molecule has 2 heterocycles. The van der Waals surface area contributed by atoms with Gasteiger partial charge in [0.1, 0.15) is 5.82 Å². The molecule has 0 saturated heterocycles. The first-order chi connectivity index (χ1) is 10.0.